The average molecular weight is 460 g/mol. The van der Waals surface area contributed by atoms with Gasteiger partial charge in [0.2, 0.25) is 10.0 Å². The van der Waals surface area contributed by atoms with Gasteiger partial charge in [-0.05, 0) is 18.4 Å². The molecule has 158 valence electrons. The Morgan fingerprint density at radius 1 is 1.31 bits per heavy atom. The number of thioether (sulfide) groups is 1. The van der Waals surface area contributed by atoms with Crippen molar-refractivity contribution >= 4 is 50.8 Å². The Morgan fingerprint density at radius 3 is 2.48 bits per heavy atom. The Bertz CT molecular complexity index is 1010. The second kappa shape index (κ2) is 9.61. The number of aromatic nitrogens is 2. The van der Waals surface area contributed by atoms with Gasteiger partial charge in [0.15, 0.2) is 5.16 Å². The first-order valence-corrected chi connectivity index (χ1v) is 11.6. The Kier molecular flexibility index (Phi) is 7.69. The van der Waals surface area contributed by atoms with Gasteiger partial charge in [-0.3, -0.25) is 4.79 Å². The monoisotopic (exact) mass is 459 g/mol. The summed E-state index contributed by atoms with van der Waals surface area (Å²) in [6.07, 6.45) is 1.76. The minimum Gasteiger partial charge on any atom is -0.495 e. The fraction of sp³-hybridized carbons (Fsp3) is 0.353. The van der Waals surface area contributed by atoms with E-state index >= 15 is 0 Å². The van der Waals surface area contributed by atoms with E-state index in [-0.39, 0.29) is 27.2 Å². The van der Waals surface area contributed by atoms with E-state index in [9.17, 15) is 13.2 Å². The van der Waals surface area contributed by atoms with Gasteiger partial charge < -0.3 is 15.8 Å². The molecule has 1 heterocycles. The van der Waals surface area contributed by atoms with Gasteiger partial charge in [0, 0.05) is 24.8 Å². The van der Waals surface area contributed by atoms with Crippen molar-refractivity contribution in [3.8, 4) is 5.75 Å². The number of nitrogens with zero attached hydrogens (tertiary/aromatic N) is 3. The maximum Gasteiger partial charge on any atom is 0.255 e. The highest BCUT2D eigenvalue weighted by Crippen LogP contribution is 2.32. The van der Waals surface area contributed by atoms with Crippen LogP contribution in [0.1, 0.15) is 24.2 Å². The van der Waals surface area contributed by atoms with Crippen molar-refractivity contribution in [2.45, 2.75) is 23.9 Å². The zero-order valence-corrected chi connectivity index (χ0v) is 18.8. The molecule has 0 unspecified atom stereocenters. The molecule has 1 aromatic carbocycles. The molecule has 0 saturated heterocycles. The molecule has 0 saturated carbocycles. The summed E-state index contributed by atoms with van der Waals surface area (Å²) in [5, 5.41) is 3.21. The fourth-order valence-corrected chi connectivity index (χ4v) is 4.88. The minimum absolute atomic E-state index is 0.0369. The number of nitrogens with two attached hydrogens (primary N) is 1. The summed E-state index contributed by atoms with van der Waals surface area (Å²) >= 11 is 7.31. The number of nitrogens with one attached hydrogen (secondary N) is 1. The van der Waals surface area contributed by atoms with E-state index < -0.39 is 15.9 Å². The number of carbonyl (C=O) groups is 1. The summed E-state index contributed by atoms with van der Waals surface area (Å²) in [7, 11) is -2.34. The Labute approximate surface area is 179 Å². The second-order valence-corrected chi connectivity index (χ2v) is 8.71. The van der Waals surface area contributed by atoms with Gasteiger partial charge in [-0.25, -0.2) is 18.4 Å². The number of halogens is 1. The Hall–Kier alpha value is -2.08. The third-order valence-corrected chi connectivity index (χ3v) is 6.93. The van der Waals surface area contributed by atoms with Crippen LogP contribution in [-0.2, 0) is 10.0 Å². The molecule has 1 aromatic heterocycles. The van der Waals surface area contributed by atoms with E-state index in [4.69, 9.17) is 22.1 Å². The van der Waals surface area contributed by atoms with Crippen molar-refractivity contribution in [1.29, 1.82) is 0 Å². The SMILES string of the molecule is CCN(CC)S(=O)(=O)c1ccc(Nc2nc(SC)nc(Cl)c2C(N)=O)cc1OC. The lowest BCUT2D eigenvalue weighted by Gasteiger charge is -2.20. The molecule has 0 aliphatic rings. The molecular weight excluding hydrogens is 438 g/mol. The number of primary amides is 1. The number of amides is 1. The zero-order chi connectivity index (χ0) is 21.8. The van der Waals surface area contributed by atoms with Gasteiger partial charge in [-0.1, -0.05) is 37.2 Å². The van der Waals surface area contributed by atoms with Crippen molar-refractivity contribution in [1.82, 2.24) is 14.3 Å². The van der Waals surface area contributed by atoms with Gasteiger partial charge in [-0.2, -0.15) is 4.31 Å². The first-order chi connectivity index (χ1) is 13.7. The molecule has 0 aliphatic carbocycles. The smallest absolute Gasteiger partial charge is 0.255 e. The second-order valence-electron chi connectivity index (χ2n) is 5.67. The standard InChI is InChI=1S/C17H22ClN5O4S2/c1-5-23(6-2)29(25,26)12-8-7-10(9-11(12)27-3)20-16-13(15(19)24)14(18)21-17(22-16)28-4/h7-9H,5-6H2,1-4H3,(H2,19,24)(H,20,21,22). The van der Waals surface area contributed by atoms with Crippen LogP contribution < -0.4 is 15.8 Å². The van der Waals surface area contributed by atoms with Crippen molar-refractivity contribution in [3.63, 3.8) is 0 Å². The molecule has 0 atom stereocenters. The normalized spacial score (nSPS) is 11.5. The number of anilines is 2. The number of carbonyl (C=O) groups excluding carboxylic acids is 1. The van der Waals surface area contributed by atoms with Crippen molar-refractivity contribution in [3.05, 3.63) is 28.9 Å². The summed E-state index contributed by atoms with van der Waals surface area (Å²) in [6.45, 7) is 4.19. The predicted molar refractivity (Wildman–Crippen MR) is 114 cm³/mol. The van der Waals surface area contributed by atoms with Crippen LogP contribution in [0.5, 0.6) is 5.75 Å². The number of hydrogen-bond donors (Lipinski definition) is 2. The molecule has 29 heavy (non-hydrogen) atoms. The zero-order valence-electron chi connectivity index (χ0n) is 16.4. The number of rotatable bonds is 9. The van der Waals surface area contributed by atoms with Gasteiger partial charge in [0.05, 0.1) is 7.11 Å². The topological polar surface area (TPSA) is 128 Å². The number of sulfonamides is 1. The maximum atomic E-state index is 12.8. The summed E-state index contributed by atoms with van der Waals surface area (Å²) < 4.78 is 32.3. The van der Waals surface area contributed by atoms with Crippen LogP contribution in [0.2, 0.25) is 5.15 Å². The number of benzene rings is 1. The fourth-order valence-electron chi connectivity index (χ4n) is 2.61. The van der Waals surface area contributed by atoms with Crippen LogP contribution in [0.15, 0.2) is 28.3 Å². The molecule has 9 nitrogen and oxygen atoms in total. The maximum absolute atomic E-state index is 12.8. The molecule has 12 heteroatoms. The third-order valence-electron chi connectivity index (χ3n) is 4.02. The lowest BCUT2D eigenvalue weighted by molar-refractivity contribution is 0.100. The molecule has 2 rings (SSSR count). The van der Waals surface area contributed by atoms with Gasteiger partial charge in [0.25, 0.3) is 5.91 Å². The first kappa shape index (κ1) is 23.2. The van der Waals surface area contributed by atoms with Crippen molar-refractivity contribution in [2.75, 3.05) is 31.8 Å². The van der Waals surface area contributed by atoms with Gasteiger partial charge in [-0.15, -0.1) is 0 Å². The van der Waals surface area contributed by atoms with Crippen LogP contribution in [0.4, 0.5) is 11.5 Å². The largest absolute Gasteiger partial charge is 0.495 e. The first-order valence-electron chi connectivity index (χ1n) is 8.56. The number of ether oxygens (including phenoxy) is 1. The highest BCUT2D eigenvalue weighted by atomic mass is 35.5. The molecule has 0 bridgehead atoms. The third kappa shape index (κ3) is 4.92. The molecular formula is C17H22ClN5O4S2. The number of methoxy groups -OCH3 is 1. The molecule has 2 aromatic rings. The summed E-state index contributed by atoms with van der Waals surface area (Å²) in [6, 6.07) is 4.46. The lowest BCUT2D eigenvalue weighted by atomic mass is 10.2. The highest BCUT2D eigenvalue weighted by molar-refractivity contribution is 7.98. The van der Waals surface area contributed by atoms with Crippen molar-refractivity contribution in [2.24, 2.45) is 5.73 Å². The average Bonchev–Trinajstić information content (AvgIpc) is 2.67. The summed E-state index contributed by atoms with van der Waals surface area (Å²) in [5.41, 5.74) is 5.77. The minimum atomic E-state index is -3.72. The van der Waals surface area contributed by atoms with Crippen LogP contribution in [0.25, 0.3) is 0 Å². The predicted octanol–water partition coefficient (Wildman–Crippen LogP) is 2.73. The lowest BCUT2D eigenvalue weighted by Crippen LogP contribution is -2.30. The van der Waals surface area contributed by atoms with Gasteiger partial charge in [0.1, 0.15) is 27.2 Å². The quantitative estimate of drug-likeness (QED) is 0.333. The van der Waals surface area contributed by atoms with Crippen LogP contribution in [-0.4, -0.2) is 55.1 Å². The van der Waals surface area contributed by atoms with Crippen LogP contribution in [0, 0.1) is 0 Å². The van der Waals surface area contributed by atoms with Crippen LogP contribution in [0.3, 0.4) is 0 Å². The van der Waals surface area contributed by atoms with Crippen molar-refractivity contribution < 1.29 is 17.9 Å². The molecule has 0 fully saturated rings. The van der Waals surface area contributed by atoms with E-state index in [1.807, 2.05) is 0 Å². The summed E-state index contributed by atoms with van der Waals surface area (Å²) in [4.78, 5) is 20.1. The van der Waals surface area contributed by atoms with E-state index in [2.05, 4.69) is 15.3 Å². The van der Waals surface area contributed by atoms with E-state index in [1.165, 1.54) is 35.3 Å². The molecule has 3 N–H and O–H groups in total. The van der Waals surface area contributed by atoms with E-state index in [0.717, 1.165) is 0 Å². The molecule has 0 spiro atoms. The molecule has 0 radical (unpaired) electrons. The van der Waals surface area contributed by atoms with E-state index in [0.29, 0.717) is 23.9 Å². The Balaban J connectivity index is 2.52. The summed E-state index contributed by atoms with van der Waals surface area (Å²) in [5.74, 6) is -0.533. The Morgan fingerprint density at radius 2 is 1.97 bits per heavy atom. The van der Waals surface area contributed by atoms with Gasteiger partial charge >= 0.3 is 0 Å². The van der Waals surface area contributed by atoms with Crippen LogP contribution >= 0.6 is 23.4 Å². The molecule has 0 aliphatic heterocycles. The van der Waals surface area contributed by atoms with E-state index in [1.54, 1.807) is 26.2 Å². The molecule has 1 amide bonds. The highest BCUT2D eigenvalue weighted by Gasteiger charge is 2.26. The number of hydrogen-bond acceptors (Lipinski definition) is 8.